The molecule has 6 heteroatoms. The van der Waals surface area contributed by atoms with Crippen LogP contribution < -0.4 is 4.90 Å². The highest BCUT2D eigenvalue weighted by Crippen LogP contribution is 2.55. The van der Waals surface area contributed by atoms with Gasteiger partial charge in [0.2, 0.25) is 11.9 Å². The van der Waals surface area contributed by atoms with E-state index in [0.717, 1.165) is 37.1 Å². The molecule has 25 heavy (non-hydrogen) atoms. The molecule has 2 aliphatic heterocycles. The standard InChI is InChI=1S/C19H26N4O2/c24-18(15-11-14(15)13-3-4-13)23-9-10-25-17(12-23)16-5-6-20-19(21-16)22-7-1-2-8-22/h5-6,13-15,17H,1-4,7-12H2/t14-,15+,17-/m0/s1. The number of rotatable bonds is 4. The van der Waals surface area contributed by atoms with E-state index < -0.39 is 0 Å². The van der Waals surface area contributed by atoms with Crippen LogP contribution in [0.4, 0.5) is 5.95 Å². The third-order valence-electron chi connectivity index (χ3n) is 6.15. The molecule has 0 spiro atoms. The van der Waals surface area contributed by atoms with Gasteiger partial charge in [-0.2, -0.15) is 0 Å². The number of aromatic nitrogens is 2. The minimum absolute atomic E-state index is 0.125. The fourth-order valence-corrected chi connectivity index (χ4v) is 4.42. The van der Waals surface area contributed by atoms with Crippen LogP contribution in [0.25, 0.3) is 0 Å². The molecule has 2 saturated carbocycles. The summed E-state index contributed by atoms with van der Waals surface area (Å²) in [6.07, 6.45) is 7.89. The summed E-state index contributed by atoms with van der Waals surface area (Å²) in [7, 11) is 0. The van der Waals surface area contributed by atoms with Gasteiger partial charge in [0.25, 0.3) is 0 Å². The Morgan fingerprint density at radius 3 is 2.84 bits per heavy atom. The molecular formula is C19H26N4O2. The van der Waals surface area contributed by atoms with Crippen LogP contribution in [-0.2, 0) is 9.53 Å². The lowest BCUT2D eigenvalue weighted by molar-refractivity contribution is -0.141. The van der Waals surface area contributed by atoms with Gasteiger partial charge in [0.15, 0.2) is 0 Å². The molecule has 0 N–H and O–H groups in total. The van der Waals surface area contributed by atoms with E-state index >= 15 is 0 Å². The lowest BCUT2D eigenvalue weighted by atomic mass is 10.1. The molecule has 6 nitrogen and oxygen atoms in total. The van der Waals surface area contributed by atoms with Crippen molar-refractivity contribution in [2.45, 2.75) is 38.2 Å². The van der Waals surface area contributed by atoms with Crippen LogP contribution in [0.15, 0.2) is 12.3 Å². The zero-order valence-corrected chi connectivity index (χ0v) is 14.6. The number of hydrogen-bond donors (Lipinski definition) is 0. The van der Waals surface area contributed by atoms with Crippen molar-refractivity contribution in [2.24, 2.45) is 17.8 Å². The van der Waals surface area contributed by atoms with Crippen LogP contribution in [0.5, 0.6) is 0 Å². The summed E-state index contributed by atoms with van der Waals surface area (Å²) >= 11 is 0. The van der Waals surface area contributed by atoms with E-state index in [2.05, 4.69) is 9.88 Å². The summed E-state index contributed by atoms with van der Waals surface area (Å²) in [6.45, 7) is 4.00. The lowest BCUT2D eigenvalue weighted by Crippen LogP contribution is -2.43. The Kier molecular flexibility index (Phi) is 3.88. The number of amides is 1. The van der Waals surface area contributed by atoms with Gasteiger partial charge in [0.1, 0.15) is 6.10 Å². The van der Waals surface area contributed by atoms with E-state index in [1.807, 2.05) is 17.2 Å². The maximum atomic E-state index is 12.8. The van der Waals surface area contributed by atoms with Crippen LogP contribution >= 0.6 is 0 Å². The number of nitrogens with zero attached hydrogens (tertiary/aromatic N) is 4. The molecule has 3 atom stereocenters. The highest BCUT2D eigenvalue weighted by Gasteiger charge is 2.52. The third-order valence-corrected chi connectivity index (χ3v) is 6.15. The predicted octanol–water partition coefficient (Wildman–Crippen LogP) is 2.02. The zero-order valence-electron chi connectivity index (χ0n) is 14.6. The molecule has 134 valence electrons. The summed E-state index contributed by atoms with van der Waals surface area (Å²) in [6, 6.07) is 1.93. The normalized spacial score (nSPS) is 32.1. The number of hydrogen-bond acceptors (Lipinski definition) is 5. The minimum atomic E-state index is -0.125. The minimum Gasteiger partial charge on any atom is -0.368 e. The van der Waals surface area contributed by atoms with Gasteiger partial charge in [0, 0.05) is 31.7 Å². The Bertz CT molecular complexity index is 657. The van der Waals surface area contributed by atoms with Crippen LogP contribution in [-0.4, -0.2) is 53.6 Å². The fraction of sp³-hybridized carbons (Fsp3) is 0.737. The Morgan fingerprint density at radius 2 is 2.04 bits per heavy atom. The van der Waals surface area contributed by atoms with Crippen molar-refractivity contribution in [3.05, 3.63) is 18.0 Å². The molecular weight excluding hydrogens is 316 g/mol. The molecule has 0 radical (unpaired) electrons. The van der Waals surface area contributed by atoms with Gasteiger partial charge in [-0.3, -0.25) is 4.79 Å². The summed E-state index contributed by atoms with van der Waals surface area (Å²) in [4.78, 5) is 26.2. The second-order valence-electron chi connectivity index (χ2n) is 7.96. The van der Waals surface area contributed by atoms with Gasteiger partial charge in [-0.1, -0.05) is 0 Å². The molecule has 1 amide bonds. The number of carbonyl (C=O) groups excluding carboxylic acids is 1. The van der Waals surface area contributed by atoms with Gasteiger partial charge in [-0.25, -0.2) is 9.97 Å². The van der Waals surface area contributed by atoms with Crippen molar-refractivity contribution in [1.82, 2.24) is 14.9 Å². The second-order valence-corrected chi connectivity index (χ2v) is 7.96. The Labute approximate surface area is 148 Å². The maximum Gasteiger partial charge on any atom is 0.226 e. The van der Waals surface area contributed by atoms with Crippen molar-refractivity contribution in [1.29, 1.82) is 0 Å². The monoisotopic (exact) mass is 342 g/mol. The summed E-state index contributed by atoms with van der Waals surface area (Å²) in [5.74, 6) is 2.96. The molecule has 4 fully saturated rings. The van der Waals surface area contributed by atoms with E-state index in [0.29, 0.717) is 31.5 Å². The van der Waals surface area contributed by atoms with E-state index in [4.69, 9.17) is 9.72 Å². The Morgan fingerprint density at radius 1 is 1.20 bits per heavy atom. The van der Waals surface area contributed by atoms with E-state index in [1.165, 1.54) is 25.7 Å². The zero-order chi connectivity index (χ0) is 16.8. The fourth-order valence-electron chi connectivity index (χ4n) is 4.42. The molecule has 0 aromatic carbocycles. The van der Waals surface area contributed by atoms with Crippen LogP contribution in [0, 0.1) is 17.8 Å². The van der Waals surface area contributed by atoms with E-state index in [9.17, 15) is 4.79 Å². The molecule has 1 aromatic rings. The highest BCUT2D eigenvalue weighted by atomic mass is 16.5. The first kappa shape index (κ1) is 15.6. The SMILES string of the molecule is O=C([C@@H]1C[C@H]1C1CC1)N1CCO[C@H](c2ccnc(N3CCCC3)n2)C1. The molecule has 4 aliphatic rings. The van der Waals surface area contributed by atoms with Crippen molar-refractivity contribution in [2.75, 3.05) is 37.7 Å². The Hall–Kier alpha value is -1.69. The number of ether oxygens (including phenoxy) is 1. The quantitative estimate of drug-likeness (QED) is 0.838. The topological polar surface area (TPSA) is 58.6 Å². The third kappa shape index (κ3) is 3.12. The highest BCUT2D eigenvalue weighted by molar-refractivity contribution is 5.82. The van der Waals surface area contributed by atoms with Crippen LogP contribution in [0.1, 0.15) is 43.9 Å². The maximum absolute atomic E-state index is 12.8. The van der Waals surface area contributed by atoms with Gasteiger partial charge >= 0.3 is 0 Å². The van der Waals surface area contributed by atoms with Gasteiger partial charge in [-0.05, 0) is 50.0 Å². The number of carbonyl (C=O) groups is 1. The van der Waals surface area contributed by atoms with Crippen molar-refractivity contribution in [3.63, 3.8) is 0 Å². The molecule has 2 saturated heterocycles. The first-order valence-corrected chi connectivity index (χ1v) is 9.78. The molecule has 5 rings (SSSR count). The number of morpholine rings is 1. The summed E-state index contributed by atoms with van der Waals surface area (Å²) in [5, 5.41) is 0. The smallest absolute Gasteiger partial charge is 0.226 e. The molecule has 2 aliphatic carbocycles. The van der Waals surface area contributed by atoms with E-state index in [1.54, 1.807) is 0 Å². The van der Waals surface area contributed by atoms with Crippen LogP contribution in [0.3, 0.4) is 0 Å². The molecule has 0 unspecified atom stereocenters. The number of anilines is 1. The van der Waals surface area contributed by atoms with Gasteiger partial charge in [0.05, 0.1) is 18.8 Å². The largest absolute Gasteiger partial charge is 0.368 e. The summed E-state index contributed by atoms with van der Waals surface area (Å²) < 4.78 is 5.95. The van der Waals surface area contributed by atoms with E-state index in [-0.39, 0.29) is 12.0 Å². The second kappa shape index (κ2) is 6.24. The van der Waals surface area contributed by atoms with Gasteiger partial charge < -0.3 is 14.5 Å². The molecule has 1 aromatic heterocycles. The van der Waals surface area contributed by atoms with Crippen molar-refractivity contribution >= 4 is 11.9 Å². The average molecular weight is 342 g/mol. The van der Waals surface area contributed by atoms with Crippen molar-refractivity contribution in [3.8, 4) is 0 Å². The first-order chi connectivity index (χ1) is 12.3. The first-order valence-electron chi connectivity index (χ1n) is 9.78. The lowest BCUT2D eigenvalue weighted by Gasteiger charge is -2.33. The van der Waals surface area contributed by atoms with Crippen LogP contribution in [0.2, 0.25) is 0 Å². The van der Waals surface area contributed by atoms with Crippen molar-refractivity contribution < 1.29 is 9.53 Å². The average Bonchev–Trinajstić information content (AvgIpc) is 3.58. The molecule has 0 bridgehead atoms. The van der Waals surface area contributed by atoms with Gasteiger partial charge in [-0.15, -0.1) is 0 Å². The Balaban J connectivity index is 1.26. The molecule has 3 heterocycles. The predicted molar refractivity (Wildman–Crippen MR) is 93.1 cm³/mol. The summed E-state index contributed by atoms with van der Waals surface area (Å²) in [5.41, 5.74) is 0.906.